The van der Waals surface area contributed by atoms with E-state index in [4.69, 9.17) is 9.47 Å². The van der Waals surface area contributed by atoms with Crippen molar-refractivity contribution in [1.29, 1.82) is 0 Å². The molecule has 29 heavy (non-hydrogen) atoms. The standard InChI is InChI=1S/C21H28N4O3S/c1-27-13-10-23-6-8-24(9-7-23)20(26)19-16-17(18-4-2-3-5-22-18)21(29-19)25-11-14-28-15-12-25/h2-5,16H,6-15H2,1H3. The third-order valence-corrected chi connectivity index (χ3v) is 6.62. The van der Waals surface area contributed by atoms with Crippen molar-refractivity contribution in [3.63, 3.8) is 0 Å². The molecule has 8 heteroatoms. The Morgan fingerprint density at radius 1 is 1.17 bits per heavy atom. The molecule has 0 aliphatic carbocycles. The maximum atomic E-state index is 13.2. The Bertz CT molecular complexity index is 800. The van der Waals surface area contributed by atoms with E-state index in [1.165, 1.54) is 0 Å². The minimum atomic E-state index is 0.123. The van der Waals surface area contributed by atoms with Crippen LogP contribution in [0.5, 0.6) is 0 Å². The van der Waals surface area contributed by atoms with Gasteiger partial charge < -0.3 is 19.3 Å². The van der Waals surface area contributed by atoms with Crippen LogP contribution in [0.4, 0.5) is 5.00 Å². The fourth-order valence-corrected chi connectivity index (χ4v) is 4.93. The van der Waals surface area contributed by atoms with Gasteiger partial charge in [0.05, 0.1) is 30.4 Å². The lowest BCUT2D eigenvalue weighted by Gasteiger charge is -2.34. The normalized spacial score (nSPS) is 18.2. The van der Waals surface area contributed by atoms with E-state index in [2.05, 4.69) is 14.8 Å². The summed E-state index contributed by atoms with van der Waals surface area (Å²) in [7, 11) is 1.72. The number of hydrogen-bond acceptors (Lipinski definition) is 7. The molecular formula is C21H28N4O3S. The molecule has 4 rings (SSSR count). The van der Waals surface area contributed by atoms with Crippen molar-refractivity contribution in [2.75, 3.05) is 77.6 Å². The van der Waals surface area contributed by atoms with Crippen molar-refractivity contribution in [1.82, 2.24) is 14.8 Å². The van der Waals surface area contributed by atoms with Crippen LogP contribution in [0, 0.1) is 0 Å². The van der Waals surface area contributed by atoms with E-state index in [1.807, 2.05) is 29.2 Å². The highest BCUT2D eigenvalue weighted by Gasteiger charge is 2.27. The van der Waals surface area contributed by atoms with E-state index in [9.17, 15) is 4.79 Å². The zero-order valence-corrected chi connectivity index (χ0v) is 17.7. The predicted octanol–water partition coefficient (Wildman–Crippen LogP) is 2.05. The van der Waals surface area contributed by atoms with E-state index in [0.29, 0.717) is 13.2 Å². The quantitative estimate of drug-likeness (QED) is 0.718. The van der Waals surface area contributed by atoms with Crippen LogP contribution in [0.15, 0.2) is 30.5 Å². The number of carbonyl (C=O) groups excluding carboxylic acids is 1. The summed E-state index contributed by atoms with van der Waals surface area (Å²) >= 11 is 1.58. The van der Waals surface area contributed by atoms with Crippen LogP contribution in [0.2, 0.25) is 0 Å². The number of thiophene rings is 1. The van der Waals surface area contributed by atoms with E-state index < -0.39 is 0 Å². The SMILES string of the molecule is COCCN1CCN(C(=O)c2cc(-c3ccccn3)c(N3CCOCC3)s2)CC1. The topological polar surface area (TPSA) is 58.1 Å². The van der Waals surface area contributed by atoms with Gasteiger partial charge in [-0.3, -0.25) is 14.7 Å². The summed E-state index contributed by atoms with van der Waals surface area (Å²) in [6.07, 6.45) is 1.80. The number of pyridine rings is 1. The van der Waals surface area contributed by atoms with E-state index in [1.54, 1.807) is 24.6 Å². The van der Waals surface area contributed by atoms with Crippen LogP contribution in [-0.4, -0.2) is 93.4 Å². The minimum absolute atomic E-state index is 0.123. The van der Waals surface area contributed by atoms with Crippen LogP contribution in [0.3, 0.4) is 0 Å². The first-order valence-corrected chi connectivity index (χ1v) is 11.0. The number of morpholine rings is 1. The maximum Gasteiger partial charge on any atom is 0.264 e. The Hall–Kier alpha value is -2.00. The van der Waals surface area contributed by atoms with Crippen molar-refractivity contribution in [3.8, 4) is 11.3 Å². The average molecular weight is 417 g/mol. The van der Waals surface area contributed by atoms with Crippen LogP contribution < -0.4 is 4.90 Å². The van der Waals surface area contributed by atoms with Gasteiger partial charge >= 0.3 is 0 Å². The molecule has 7 nitrogen and oxygen atoms in total. The molecule has 0 aromatic carbocycles. The molecule has 2 saturated heterocycles. The molecule has 0 unspecified atom stereocenters. The molecule has 2 aromatic heterocycles. The number of piperazine rings is 1. The van der Waals surface area contributed by atoms with Crippen LogP contribution in [0.25, 0.3) is 11.3 Å². The smallest absolute Gasteiger partial charge is 0.264 e. The third-order valence-electron chi connectivity index (χ3n) is 5.43. The Morgan fingerprint density at radius 2 is 1.97 bits per heavy atom. The molecule has 0 spiro atoms. The van der Waals surface area contributed by atoms with Crippen molar-refractivity contribution < 1.29 is 14.3 Å². The zero-order valence-electron chi connectivity index (χ0n) is 16.9. The Kier molecular flexibility index (Phi) is 6.76. The molecular weight excluding hydrogens is 388 g/mol. The fraction of sp³-hybridized carbons (Fsp3) is 0.524. The first kappa shape index (κ1) is 20.3. The van der Waals surface area contributed by atoms with Gasteiger partial charge in [-0.15, -0.1) is 11.3 Å². The highest BCUT2D eigenvalue weighted by Crippen LogP contribution is 2.39. The van der Waals surface area contributed by atoms with Gasteiger partial charge in [-0.25, -0.2) is 0 Å². The largest absolute Gasteiger partial charge is 0.383 e. The lowest BCUT2D eigenvalue weighted by Crippen LogP contribution is -2.49. The molecule has 0 N–H and O–H groups in total. The van der Waals surface area contributed by atoms with Crippen molar-refractivity contribution in [3.05, 3.63) is 35.3 Å². The third kappa shape index (κ3) is 4.78. The van der Waals surface area contributed by atoms with Crippen LogP contribution in [-0.2, 0) is 9.47 Å². The maximum absolute atomic E-state index is 13.2. The number of rotatable bonds is 6. The van der Waals surface area contributed by atoms with Crippen molar-refractivity contribution in [2.45, 2.75) is 0 Å². The Morgan fingerprint density at radius 3 is 2.66 bits per heavy atom. The molecule has 0 atom stereocenters. The van der Waals surface area contributed by atoms with Gasteiger partial charge in [0.2, 0.25) is 0 Å². The molecule has 4 heterocycles. The first-order chi connectivity index (χ1) is 14.3. The monoisotopic (exact) mass is 416 g/mol. The number of amides is 1. The van der Waals surface area contributed by atoms with E-state index >= 15 is 0 Å². The molecule has 156 valence electrons. The molecule has 0 radical (unpaired) electrons. The molecule has 0 bridgehead atoms. The van der Waals surface area contributed by atoms with Gasteiger partial charge in [-0.1, -0.05) is 6.07 Å². The van der Waals surface area contributed by atoms with Gasteiger partial charge in [0.25, 0.3) is 5.91 Å². The number of ether oxygens (including phenoxy) is 2. The molecule has 2 aliphatic heterocycles. The zero-order chi connectivity index (χ0) is 20.1. The van der Waals surface area contributed by atoms with E-state index in [-0.39, 0.29) is 5.91 Å². The highest BCUT2D eigenvalue weighted by atomic mass is 32.1. The number of methoxy groups -OCH3 is 1. The summed E-state index contributed by atoms with van der Waals surface area (Å²) in [6, 6.07) is 7.94. The van der Waals surface area contributed by atoms with Gasteiger partial charge in [0.15, 0.2) is 0 Å². The lowest BCUT2D eigenvalue weighted by molar-refractivity contribution is 0.0598. The molecule has 2 aliphatic rings. The summed E-state index contributed by atoms with van der Waals surface area (Å²) in [5, 5.41) is 1.12. The first-order valence-electron chi connectivity index (χ1n) is 10.1. The molecule has 2 aromatic rings. The minimum Gasteiger partial charge on any atom is -0.383 e. The van der Waals surface area contributed by atoms with Gasteiger partial charge in [-0.05, 0) is 18.2 Å². The Balaban J connectivity index is 1.53. The number of aromatic nitrogens is 1. The number of carbonyl (C=O) groups is 1. The second-order valence-electron chi connectivity index (χ2n) is 7.27. The summed E-state index contributed by atoms with van der Waals surface area (Å²) in [5.74, 6) is 0.123. The van der Waals surface area contributed by atoms with Gasteiger partial charge in [-0.2, -0.15) is 0 Å². The van der Waals surface area contributed by atoms with Crippen molar-refractivity contribution in [2.24, 2.45) is 0 Å². The number of nitrogens with zero attached hydrogens (tertiary/aromatic N) is 4. The summed E-state index contributed by atoms with van der Waals surface area (Å²) in [4.78, 5) is 25.2. The van der Waals surface area contributed by atoms with Crippen molar-refractivity contribution >= 4 is 22.2 Å². The highest BCUT2D eigenvalue weighted by molar-refractivity contribution is 7.18. The second-order valence-corrected chi connectivity index (χ2v) is 8.30. The summed E-state index contributed by atoms with van der Waals surface area (Å²) < 4.78 is 10.7. The predicted molar refractivity (Wildman–Crippen MR) is 115 cm³/mol. The molecule has 1 amide bonds. The molecule has 2 fully saturated rings. The fourth-order valence-electron chi connectivity index (χ4n) is 3.74. The van der Waals surface area contributed by atoms with Gasteiger partial charge in [0.1, 0.15) is 5.00 Å². The molecule has 0 saturated carbocycles. The van der Waals surface area contributed by atoms with Gasteiger partial charge in [0, 0.05) is 64.7 Å². The van der Waals surface area contributed by atoms with Crippen LogP contribution in [0.1, 0.15) is 9.67 Å². The second kappa shape index (κ2) is 9.67. The Labute approximate surface area is 175 Å². The summed E-state index contributed by atoms with van der Waals surface area (Å²) in [5.41, 5.74) is 1.95. The van der Waals surface area contributed by atoms with Crippen LogP contribution >= 0.6 is 11.3 Å². The summed E-state index contributed by atoms with van der Waals surface area (Å²) in [6.45, 7) is 8.06. The number of anilines is 1. The lowest BCUT2D eigenvalue weighted by atomic mass is 10.1. The average Bonchev–Trinajstić information content (AvgIpc) is 3.24. The number of hydrogen-bond donors (Lipinski definition) is 0. The van der Waals surface area contributed by atoms with E-state index in [0.717, 1.165) is 73.6 Å².